The van der Waals surface area contributed by atoms with E-state index >= 15 is 0 Å². The summed E-state index contributed by atoms with van der Waals surface area (Å²) in [4.78, 5) is 12.8. The number of ether oxygens (including phenoxy) is 2. The van der Waals surface area contributed by atoms with Gasteiger partial charge in [0.1, 0.15) is 19.3 Å². The fourth-order valence-electron chi connectivity index (χ4n) is 4.11. The Bertz CT molecular complexity index is 1130. The summed E-state index contributed by atoms with van der Waals surface area (Å²) >= 11 is 0. The lowest BCUT2D eigenvalue weighted by Gasteiger charge is -2.27. The molecule has 1 aliphatic rings. The van der Waals surface area contributed by atoms with Crippen molar-refractivity contribution in [3.63, 3.8) is 0 Å². The molecule has 4 rings (SSSR count). The number of amides is 1. The monoisotopic (exact) mass is 484 g/mol. The number of nitrogens with one attached hydrogen (secondary N) is 2. The Labute approximate surface area is 202 Å². The van der Waals surface area contributed by atoms with Gasteiger partial charge in [-0.25, -0.2) is 0 Å². The van der Waals surface area contributed by atoms with Gasteiger partial charge < -0.3 is 14.8 Å². The lowest BCUT2D eigenvalue weighted by atomic mass is 9.95. The Morgan fingerprint density at radius 1 is 0.914 bits per heavy atom. The second-order valence-electron chi connectivity index (χ2n) is 8.31. The van der Waals surface area contributed by atoms with Gasteiger partial charge in [-0.15, -0.1) is 0 Å². The summed E-state index contributed by atoms with van der Waals surface area (Å²) in [7, 11) is 1.58. The molecular weight excluding hydrogens is 457 g/mol. The van der Waals surface area contributed by atoms with Gasteiger partial charge in [0.25, 0.3) is 0 Å². The number of halogens is 3. The predicted octanol–water partition coefficient (Wildman–Crippen LogP) is 5.23. The zero-order chi connectivity index (χ0) is 24.8. The quantitative estimate of drug-likeness (QED) is 0.460. The SMILES string of the molecule is CNC(=O)[C@@H](N[C@@H](CCc1ccc(C(F)(F)F)cc1)c1ccc2c(c1)OCCO2)c1ccccc1. The highest BCUT2D eigenvalue weighted by atomic mass is 19.4. The van der Waals surface area contributed by atoms with E-state index in [1.54, 1.807) is 7.05 Å². The van der Waals surface area contributed by atoms with E-state index in [1.807, 2.05) is 48.5 Å². The van der Waals surface area contributed by atoms with E-state index in [1.165, 1.54) is 12.1 Å². The molecule has 0 saturated carbocycles. The Kier molecular flexibility index (Phi) is 7.60. The van der Waals surface area contributed by atoms with Crippen LogP contribution in [-0.2, 0) is 17.4 Å². The van der Waals surface area contributed by atoms with E-state index in [0.717, 1.165) is 28.8 Å². The van der Waals surface area contributed by atoms with Gasteiger partial charge in [-0.05, 0) is 53.8 Å². The minimum absolute atomic E-state index is 0.187. The van der Waals surface area contributed by atoms with Crippen molar-refractivity contribution < 1.29 is 27.4 Å². The maximum absolute atomic E-state index is 12.9. The molecule has 2 N–H and O–H groups in total. The lowest BCUT2D eigenvalue weighted by Crippen LogP contribution is -2.38. The average Bonchev–Trinajstić information content (AvgIpc) is 2.88. The summed E-state index contributed by atoms with van der Waals surface area (Å²) in [5.41, 5.74) is 1.81. The number of hydrogen-bond donors (Lipinski definition) is 2. The Hall–Kier alpha value is -3.52. The van der Waals surface area contributed by atoms with Crippen molar-refractivity contribution in [3.05, 3.63) is 95.1 Å². The van der Waals surface area contributed by atoms with Crippen molar-refractivity contribution in [1.29, 1.82) is 0 Å². The fraction of sp³-hybridized carbons (Fsp3) is 0.296. The zero-order valence-electron chi connectivity index (χ0n) is 19.3. The van der Waals surface area contributed by atoms with Gasteiger partial charge in [0, 0.05) is 13.1 Å². The molecule has 1 aliphatic heterocycles. The molecule has 0 fully saturated rings. The van der Waals surface area contributed by atoms with Gasteiger partial charge >= 0.3 is 6.18 Å². The molecule has 0 aliphatic carbocycles. The van der Waals surface area contributed by atoms with Gasteiger partial charge in [-0.1, -0.05) is 48.5 Å². The van der Waals surface area contributed by atoms with Gasteiger partial charge in [0.2, 0.25) is 5.91 Å². The summed E-state index contributed by atoms with van der Waals surface area (Å²) < 4.78 is 50.2. The number of likely N-dealkylation sites (N-methyl/N-ethyl adjacent to an activating group) is 1. The zero-order valence-corrected chi connectivity index (χ0v) is 19.3. The first-order valence-electron chi connectivity index (χ1n) is 11.4. The minimum Gasteiger partial charge on any atom is -0.486 e. The van der Waals surface area contributed by atoms with Crippen molar-refractivity contribution in [2.75, 3.05) is 20.3 Å². The second kappa shape index (κ2) is 10.8. The maximum atomic E-state index is 12.9. The number of carbonyl (C=O) groups is 1. The van der Waals surface area contributed by atoms with Crippen LogP contribution in [0.4, 0.5) is 13.2 Å². The largest absolute Gasteiger partial charge is 0.486 e. The van der Waals surface area contributed by atoms with Crippen LogP contribution in [0.25, 0.3) is 0 Å². The Morgan fingerprint density at radius 3 is 2.26 bits per heavy atom. The second-order valence-corrected chi connectivity index (χ2v) is 8.31. The normalized spacial score (nSPS) is 14.7. The molecule has 0 radical (unpaired) electrons. The van der Waals surface area contributed by atoms with Crippen LogP contribution in [-0.4, -0.2) is 26.2 Å². The molecule has 0 unspecified atom stereocenters. The van der Waals surface area contributed by atoms with Gasteiger partial charge in [0.15, 0.2) is 11.5 Å². The third-order valence-electron chi connectivity index (χ3n) is 5.98. The molecule has 1 amide bonds. The molecule has 184 valence electrons. The number of aryl methyl sites for hydroxylation is 1. The highest BCUT2D eigenvalue weighted by molar-refractivity contribution is 5.83. The lowest BCUT2D eigenvalue weighted by molar-refractivity contribution is -0.137. The number of hydrogen-bond acceptors (Lipinski definition) is 4. The Morgan fingerprint density at radius 2 is 1.60 bits per heavy atom. The van der Waals surface area contributed by atoms with Gasteiger partial charge in [0.05, 0.1) is 5.56 Å². The molecule has 5 nitrogen and oxygen atoms in total. The first kappa shape index (κ1) is 24.6. The van der Waals surface area contributed by atoms with Crippen LogP contribution in [0.5, 0.6) is 11.5 Å². The number of alkyl halides is 3. The highest BCUT2D eigenvalue weighted by Crippen LogP contribution is 2.35. The van der Waals surface area contributed by atoms with Crippen molar-refractivity contribution in [3.8, 4) is 11.5 Å². The molecule has 35 heavy (non-hydrogen) atoms. The highest BCUT2D eigenvalue weighted by Gasteiger charge is 2.30. The third-order valence-corrected chi connectivity index (χ3v) is 5.98. The standard InChI is InChI=1S/C27H27F3N2O3/c1-31-26(33)25(19-5-3-2-4-6-19)32-22(20-10-14-23-24(17-20)35-16-15-34-23)13-9-18-7-11-21(12-8-18)27(28,29)30/h2-8,10-12,14,17,22,25,32H,9,13,15-16H2,1H3,(H,31,33)/t22-,25-/m0/s1. The number of benzene rings is 3. The summed E-state index contributed by atoms with van der Waals surface area (Å²) in [6, 6.07) is 19.3. The van der Waals surface area contributed by atoms with Crippen LogP contribution in [0.15, 0.2) is 72.8 Å². The van der Waals surface area contributed by atoms with E-state index < -0.39 is 17.8 Å². The summed E-state index contributed by atoms with van der Waals surface area (Å²) in [5.74, 6) is 1.10. The summed E-state index contributed by atoms with van der Waals surface area (Å²) in [6.07, 6.45) is -3.31. The fourth-order valence-corrected chi connectivity index (χ4v) is 4.11. The summed E-state index contributed by atoms with van der Waals surface area (Å²) in [5, 5.41) is 6.17. The molecule has 0 bridgehead atoms. The Balaban J connectivity index is 1.60. The van der Waals surface area contributed by atoms with Crippen molar-refractivity contribution in [2.45, 2.75) is 31.1 Å². The van der Waals surface area contributed by atoms with Crippen molar-refractivity contribution >= 4 is 5.91 Å². The van der Waals surface area contributed by atoms with E-state index in [4.69, 9.17) is 9.47 Å². The van der Waals surface area contributed by atoms with Crippen LogP contribution < -0.4 is 20.1 Å². The molecule has 2 atom stereocenters. The van der Waals surface area contributed by atoms with Crippen LogP contribution in [0.2, 0.25) is 0 Å². The molecule has 0 saturated heterocycles. The molecule has 3 aromatic carbocycles. The maximum Gasteiger partial charge on any atom is 0.416 e. The van der Waals surface area contributed by atoms with Crippen molar-refractivity contribution in [2.24, 2.45) is 0 Å². The molecule has 0 spiro atoms. The molecular formula is C27H27F3N2O3. The molecule has 0 aromatic heterocycles. The van der Waals surface area contributed by atoms with Crippen LogP contribution >= 0.6 is 0 Å². The minimum atomic E-state index is -4.37. The topological polar surface area (TPSA) is 59.6 Å². The number of fused-ring (bicyclic) bond motifs is 1. The van der Waals surface area contributed by atoms with E-state index in [9.17, 15) is 18.0 Å². The van der Waals surface area contributed by atoms with Crippen LogP contribution in [0.1, 0.15) is 40.8 Å². The van der Waals surface area contributed by atoms with E-state index in [2.05, 4.69) is 10.6 Å². The first-order valence-corrected chi connectivity index (χ1v) is 11.4. The van der Waals surface area contributed by atoms with Gasteiger partial charge in [-0.3, -0.25) is 10.1 Å². The van der Waals surface area contributed by atoms with Crippen LogP contribution in [0, 0.1) is 0 Å². The molecule has 1 heterocycles. The van der Waals surface area contributed by atoms with Gasteiger partial charge in [-0.2, -0.15) is 13.2 Å². The number of carbonyl (C=O) groups excluding carboxylic acids is 1. The third kappa shape index (κ3) is 6.14. The molecule has 8 heteroatoms. The smallest absolute Gasteiger partial charge is 0.416 e. The van der Waals surface area contributed by atoms with Crippen molar-refractivity contribution in [1.82, 2.24) is 10.6 Å². The van der Waals surface area contributed by atoms with E-state index in [0.29, 0.717) is 37.6 Å². The first-order chi connectivity index (χ1) is 16.8. The predicted molar refractivity (Wildman–Crippen MR) is 126 cm³/mol. The number of rotatable bonds is 8. The van der Waals surface area contributed by atoms with E-state index in [-0.39, 0.29) is 11.9 Å². The average molecular weight is 485 g/mol. The summed E-state index contributed by atoms with van der Waals surface area (Å²) in [6.45, 7) is 0.930. The molecule has 3 aromatic rings. The van der Waals surface area contributed by atoms with Crippen LogP contribution in [0.3, 0.4) is 0 Å².